The number of nitrogens with zero attached hydrogens (tertiary/aromatic N) is 4. The molecule has 2 aromatic rings. The van der Waals surface area contributed by atoms with Crippen LogP contribution in [0.3, 0.4) is 0 Å². The third kappa shape index (κ3) is 3.68. The molecule has 0 radical (unpaired) electrons. The Morgan fingerprint density at radius 2 is 2.37 bits per heavy atom. The molecule has 0 unspecified atom stereocenters. The van der Waals surface area contributed by atoms with E-state index in [1.807, 2.05) is 19.1 Å². The number of carbonyl (C=O) groups excluding carboxylic acids is 1. The lowest BCUT2D eigenvalue weighted by atomic mass is 10.4. The number of amides is 1. The zero-order chi connectivity index (χ0) is 13.8. The van der Waals surface area contributed by atoms with E-state index in [1.54, 1.807) is 4.90 Å². The summed E-state index contributed by atoms with van der Waals surface area (Å²) in [5.74, 6) is 0.137. The Morgan fingerprint density at radius 1 is 1.58 bits per heavy atom. The zero-order valence-electron chi connectivity index (χ0n) is 10.4. The first-order valence-electron chi connectivity index (χ1n) is 5.75. The van der Waals surface area contributed by atoms with Gasteiger partial charge in [0.25, 0.3) is 0 Å². The van der Waals surface area contributed by atoms with Crippen LogP contribution in [0.2, 0.25) is 4.34 Å². The van der Waals surface area contributed by atoms with Gasteiger partial charge in [-0.3, -0.25) is 4.79 Å². The third-order valence-electron chi connectivity index (χ3n) is 2.56. The van der Waals surface area contributed by atoms with Crippen LogP contribution >= 0.6 is 22.9 Å². The number of nitrogens with two attached hydrogens (primary N) is 1. The van der Waals surface area contributed by atoms with Crippen molar-refractivity contribution in [2.75, 3.05) is 12.3 Å². The summed E-state index contributed by atoms with van der Waals surface area (Å²) >= 11 is 7.35. The fraction of sp³-hybridized carbons (Fsp3) is 0.364. The minimum Gasteiger partial charge on any atom is -0.367 e. The van der Waals surface area contributed by atoms with Gasteiger partial charge in [0.1, 0.15) is 12.9 Å². The van der Waals surface area contributed by atoms with Crippen LogP contribution in [-0.2, 0) is 17.9 Å². The monoisotopic (exact) mass is 299 g/mol. The van der Waals surface area contributed by atoms with Crippen molar-refractivity contribution in [2.24, 2.45) is 0 Å². The molecule has 0 spiro atoms. The second-order valence-corrected chi connectivity index (χ2v) is 5.71. The van der Waals surface area contributed by atoms with E-state index in [9.17, 15) is 4.79 Å². The average molecular weight is 300 g/mol. The van der Waals surface area contributed by atoms with Crippen LogP contribution in [0.5, 0.6) is 0 Å². The van der Waals surface area contributed by atoms with Crippen LogP contribution in [0.1, 0.15) is 11.8 Å². The van der Waals surface area contributed by atoms with Crippen LogP contribution in [0.15, 0.2) is 18.5 Å². The molecule has 2 rings (SSSR count). The molecule has 0 aromatic carbocycles. The van der Waals surface area contributed by atoms with Gasteiger partial charge < -0.3 is 10.6 Å². The van der Waals surface area contributed by atoms with Gasteiger partial charge in [-0.15, -0.1) is 16.4 Å². The van der Waals surface area contributed by atoms with Crippen molar-refractivity contribution in [1.29, 1.82) is 0 Å². The van der Waals surface area contributed by atoms with E-state index >= 15 is 0 Å². The SMILES string of the molecule is CCN(Cc1ccc(Cl)s1)C(=O)Cn1cnc(N)n1. The Labute approximate surface area is 119 Å². The van der Waals surface area contributed by atoms with Gasteiger partial charge in [0.2, 0.25) is 11.9 Å². The van der Waals surface area contributed by atoms with E-state index in [0.29, 0.717) is 13.1 Å². The Kier molecular flexibility index (Phi) is 4.39. The Morgan fingerprint density at radius 3 is 2.89 bits per heavy atom. The number of rotatable bonds is 5. The summed E-state index contributed by atoms with van der Waals surface area (Å²) in [4.78, 5) is 18.7. The lowest BCUT2D eigenvalue weighted by molar-refractivity contribution is -0.132. The van der Waals surface area contributed by atoms with Crippen LogP contribution in [-0.4, -0.2) is 32.1 Å². The summed E-state index contributed by atoms with van der Waals surface area (Å²) in [6, 6.07) is 3.76. The molecule has 2 aromatic heterocycles. The first-order chi connectivity index (χ1) is 9.08. The fourth-order valence-corrected chi connectivity index (χ4v) is 2.73. The topological polar surface area (TPSA) is 77.0 Å². The highest BCUT2D eigenvalue weighted by Crippen LogP contribution is 2.22. The maximum Gasteiger partial charge on any atom is 0.244 e. The first-order valence-corrected chi connectivity index (χ1v) is 6.95. The lowest BCUT2D eigenvalue weighted by Crippen LogP contribution is -2.33. The minimum absolute atomic E-state index is 0.0306. The van der Waals surface area contributed by atoms with Crippen molar-refractivity contribution in [3.63, 3.8) is 0 Å². The van der Waals surface area contributed by atoms with Crippen molar-refractivity contribution >= 4 is 34.8 Å². The summed E-state index contributed by atoms with van der Waals surface area (Å²) in [6.07, 6.45) is 1.45. The smallest absolute Gasteiger partial charge is 0.244 e. The maximum absolute atomic E-state index is 12.1. The van der Waals surface area contributed by atoms with Crippen molar-refractivity contribution in [3.05, 3.63) is 27.7 Å². The summed E-state index contributed by atoms with van der Waals surface area (Å²) in [5, 5.41) is 3.90. The van der Waals surface area contributed by atoms with E-state index in [4.69, 9.17) is 17.3 Å². The lowest BCUT2D eigenvalue weighted by Gasteiger charge is -2.19. The molecule has 0 aliphatic rings. The second-order valence-electron chi connectivity index (χ2n) is 3.91. The van der Waals surface area contributed by atoms with Crippen LogP contribution in [0.4, 0.5) is 5.95 Å². The zero-order valence-corrected chi connectivity index (χ0v) is 12.0. The van der Waals surface area contributed by atoms with E-state index in [0.717, 1.165) is 9.21 Å². The molecule has 0 bridgehead atoms. The van der Waals surface area contributed by atoms with Gasteiger partial charge in [-0.25, -0.2) is 9.67 Å². The number of thiophene rings is 1. The summed E-state index contributed by atoms with van der Waals surface area (Å²) in [5.41, 5.74) is 5.41. The number of likely N-dealkylation sites (N-methyl/N-ethyl adjacent to an activating group) is 1. The van der Waals surface area contributed by atoms with Crippen LogP contribution in [0, 0.1) is 0 Å². The quantitative estimate of drug-likeness (QED) is 0.910. The molecule has 2 N–H and O–H groups in total. The molecular weight excluding hydrogens is 286 g/mol. The van der Waals surface area contributed by atoms with Gasteiger partial charge in [-0.2, -0.15) is 0 Å². The minimum atomic E-state index is -0.0306. The van der Waals surface area contributed by atoms with Crippen molar-refractivity contribution in [3.8, 4) is 0 Å². The Balaban J connectivity index is 1.98. The molecule has 19 heavy (non-hydrogen) atoms. The summed E-state index contributed by atoms with van der Waals surface area (Å²) in [6.45, 7) is 3.25. The van der Waals surface area contributed by atoms with E-state index in [-0.39, 0.29) is 18.4 Å². The molecule has 1 amide bonds. The predicted molar refractivity (Wildman–Crippen MR) is 74.9 cm³/mol. The number of anilines is 1. The average Bonchev–Trinajstić information content (AvgIpc) is 2.95. The van der Waals surface area contributed by atoms with Gasteiger partial charge in [0, 0.05) is 11.4 Å². The van der Waals surface area contributed by atoms with Crippen LogP contribution in [0.25, 0.3) is 0 Å². The molecule has 6 nitrogen and oxygen atoms in total. The Hall–Kier alpha value is -1.60. The van der Waals surface area contributed by atoms with E-state index < -0.39 is 0 Å². The molecular formula is C11H14ClN5OS. The van der Waals surface area contributed by atoms with Crippen molar-refractivity contribution < 1.29 is 4.79 Å². The van der Waals surface area contributed by atoms with Gasteiger partial charge in [0.05, 0.1) is 10.9 Å². The van der Waals surface area contributed by atoms with Crippen LogP contribution < -0.4 is 5.73 Å². The highest BCUT2D eigenvalue weighted by Gasteiger charge is 2.14. The van der Waals surface area contributed by atoms with Gasteiger partial charge in [-0.05, 0) is 19.1 Å². The number of hydrogen-bond donors (Lipinski definition) is 1. The predicted octanol–water partition coefficient (Wildman–Crippen LogP) is 1.62. The first kappa shape index (κ1) is 13.8. The largest absolute Gasteiger partial charge is 0.367 e. The number of aromatic nitrogens is 3. The van der Waals surface area contributed by atoms with Gasteiger partial charge >= 0.3 is 0 Å². The van der Waals surface area contributed by atoms with Crippen molar-refractivity contribution in [1.82, 2.24) is 19.7 Å². The molecule has 0 aliphatic carbocycles. The summed E-state index contributed by atoms with van der Waals surface area (Å²) in [7, 11) is 0. The van der Waals surface area contributed by atoms with Gasteiger partial charge in [-0.1, -0.05) is 11.6 Å². The molecule has 0 fully saturated rings. The van der Waals surface area contributed by atoms with Gasteiger partial charge in [0.15, 0.2) is 0 Å². The highest BCUT2D eigenvalue weighted by molar-refractivity contribution is 7.16. The number of nitrogen functional groups attached to an aromatic ring is 1. The summed E-state index contributed by atoms with van der Waals surface area (Å²) < 4.78 is 2.16. The molecule has 0 saturated heterocycles. The molecule has 0 aliphatic heterocycles. The number of carbonyl (C=O) groups is 1. The van der Waals surface area contributed by atoms with Crippen molar-refractivity contribution in [2.45, 2.75) is 20.0 Å². The standard InChI is InChI=1S/C11H14ClN5OS/c1-2-16(5-8-3-4-9(12)19-8)10(18)6-17-7-14-11(13)15-17/h3-4,7H,2,5-6H2,1H3,(H2,13,15). The van der Waals surface area contributed by atoms with E-state index in [1.165, 1.54) is 22.3 Å². The van der Waals surface area contributed by atoms with E-state index in [2.05, 4.69) is 10.1 Å². The second kappa shape index (κ2) is 6.03. The maximum atomic E-state index is 12.1. The molecule has 2 heterocycles. The third-order valence-corrected chi connectivity index (χ3v) is 3.78. The molecule has 0 atom stereocenters. The Bertz CT molecular complexity index is 567. The normalized spacial score (nSPS) is 10.6. The number of hydrogen-bond acceptors (Lipinski definition) is 5. The fourth-order valence-electron chi connectivity index (χ4n) is 1.62. The number of halogens is 1. The molecule has 8 heteroatoms. The highest BCUT2D eigenvalue weighted by atomic mass is 35.5. The molecule has 0 saturated carbocycles. The molecule has 102 valence electrons.